The highest BCUT2D eigenvalue weighted by Gasteiger charge is 2.40. The molecule has 1 N–H and O–H groups in total. The molecule has 1 aliphatic heterocycles. The second-order valence-electron chi connectivity index (χ2n) is 5.46. The first-order valence-electron chi connectivity index (χ1n) is 6.15. The first kappa shape index (κ1) is 8.28. The van der Waals surface area contributed by atoms with E-state index in [0.717, 1.165) is 23.8 Å². The van der Waals surface area contributed by atoms with Gasteiger partial charge in [-0.15, -0.1) is 0 Å². The van der Waals surface area contributed by atoms with E-state index in [-0.39, 0.29) is 0 Å². The lowest BCUT2D eigenvalue weighted by atomic mass is 9.84. The van der Waals surface area contributed by atoms with Crippen molar-refractivity contribution in [3.63, 3.8) is 0 Å². The molecular weight excluding hydrogens is 158 g/mol. The van der Waals surface area contributed by atoms with Crippen LogP contribution >= 0.6 is 0 Å². The van der Waals surface area contributed by atoms with Crippen LogP contribution in [0.1, 0.15) is 44.9 Å². The van der Waals surface area contributed by atoms with E-state index in [2.05, 4.69) is 5.32 Å². The molecule has 1 heteroatoms. The quantitative estimate of drug-likeness (QED) is 0.687. The molecule has 74 valence electrons. The molecule has 3 aliphatic rings. The lowest BCUT2D eigenvalue weighted by Gasteiger charge is -2.24. The van der Waals surface area contributed by atoms with E-state index in [9.17, 15) is 0 Å². The molecule has 1 nitrogen and oxygen atoms in total. The summed E-state index contributed by atoms with van der Waals surface area (Å²) in [6.45, 7) is 1.28. The van der Waals surface area contributed by atoms with Crippen LogP contribution in [0.15, 0.2) is 0 Å². The third-order valence-corrected chi connectivity index (χ3v) is 4.63. The summed E-state index contributed by atoms with van der Waals surface area (Å²) in [5.41, 5.74) is 0. The van der Waals surface area contributed by atoms with Gasteiger partial charge in [0.1, 0.15) is 0 Å². The maximum atomic E-state index is 3.64. The highest BCUT2D eigenvalue weighted by atomic mass is 14.9. The lowest BCUT2D eigenvalue weighted by molar-refractivity contribution is 0.287. The highest BCUT2D eigenvalue weighted by Crippen LogP contribution is 2.50. The number of hydrogen-bond acceptors (Lipinski definition) is 1. The van der Waals surface area contributed by atoms with Gasteiger partial charge in [0.2, 0.25) is 0 Å². The molecule has 1 saturated heterocycles. The molecule has 13 heavy (non-hydrogen) atoms. The van der Waals surface area contributed by atoms with Crippen molar-refractivity contribution in [2.75, 3.05) is 6.54 Å². The molecular formula is C12H21N. The van der Waals surface area contributed by atoms with Crippen LogP contribution in [0.4, 0.5) is 0 Å². The summed E-state index contributed by atoms with van der Waals surface area (Å²) in [4.78, 5) is 0. The first-order chi connectivity index (χ1) is 6.42. The van der Waals surface area contributed by atoms with E-state index in [1.165, 1.54) is 25.8 Å². The fourth-order valence-electron chi connectivity index (χ4n) is 3.99. The summed E-state index contributed by atoms with van der Waals surface area (Å²) in [6.07, 6.45) is 10.6. The minimum absolute atomic E-state index is 0.893. The Balaban J connectivity index is 1.55. The average molecular weight is 179 g/mol. The van der Waals surface area contributed by atoms with Crippen molar-refractivity contribution in [1.29, 1.82) is 0 Å². The second-order valence-corrected chi connectivity index (χ2v) is 5.46. The number of rotatable bonds is 2. The smallest absolute Gasteiger partial charge is 0.00702 e. The lowest BCUT2D eigenvalue weighted by Crippen LogP contribution is -2.26. The maximum Gasteiger partial charge on any atom is 0.00702 e. The van der Waals surface area contributed by atoms with Gasteiger partial charge in [-0.3, -0.25) is 0 Å². The third-order valence-electron chi connectivity index (χ3n) is 4.63. The van der Waals surface area contributed by atoms with Crippen molar-refractivity contribution >= 4 is 0 Å². The molecule has 0 aromatic carbocycles. The van der Waals surface area contributed by atoms with Gasteiger partial charge in [-0.05, 0) is 62.8 Å². The van der Waals surface area contributed by atoms with Crippen LogP contribution in [-0.4, -0.2) is 12.6 Å². The molecule has 3 fully saturated rings. The summed E-state index contributed by atoms with van der Waals surface area (Å²) >= 11 is 0. The van der Waals surface area contributed by atoms with Crippen LogP contribution in [0.3, 0.4) is 0 Å². The van der Waals surface area contributed by atoms with E-state index in [4.69, 9.17) is 0 Å². The van der Waals surface area contributed by atoms with Crippen LogP contribution in [0.5, 0.6) is 0 Å². The Morgan fingerprint density at radius 2 is 2.08 bits per heavy atom. The maximum absolute atomic E-state index is 3.64. The summed E-state index contributed by atoms with van der Waals surface area (Å²) in [6, 6.07) is 0.893. The van der Waals surface area contributed by atoms with Gasteiger partial charge in [-0.25, -0.2) is 0 Å². The molecule has 0 amide bonds. The molecule has 4 atom stereocenters. The molecule has 2 aliphatic carbocycles. The number of nitrogens with one attached hydrogen (secondary N) is 1. The SMILES string of the molecule is C1CN[C@@H](C[C@H]2C[C@H]3CC[C@H]2C3)C1. The van der Waals surface area contributed by atoms with E-state index in [1.807, 2.05) is 0 Å². The zero-order valence-corrected chi connectivity index (χ0v) is 8.47. The summed E-state index contributed by atoms with van der Waals surface area (Å²) in [7, 11) is 0. The first-order valence-corrected chi connectivity index (χ1v) is 6.15. The third kappa shape index (κ3) is 1.52. The van der Waals surface area contributed by atoms with Crippen molar-refractivity contribution in [3.8, 4) is 0 Å². The Morgan fingerprint density at radius 1 is 1.08 bits per heavy atom. The predicted octanol–water partition coefficient (Wildman–Crippen LogP) is 2.56. The van der Waals surface area contributed by atoms with Gasteiger partial charge >= 0.3 is 0 Å². The van der Waals surface area contributed by atoms with Crippen LogP contribution in [0.25, 0.3) is 0 Å². The van der Waals surface area contributed by atoms with Crippen LogP contribution in [0, 0.1) is 17.8 Å². The van der Waals surface area contributed by atoms with E-state index in [0.29, 0.717) is 0 Å². The van der Waals surface area contributed by atoms with Crippen LogP contribution < -0.4 is 5.32 Å². The fraction of sp³-hybridized carbons (Fsp3) is 1.00. The van der Waals surface area contributed by atoms with Gasteiger partial charge in [0.15, 0.2) is 0 Å². The van der Waals surface area contributed by atoms with Crippen molar-refractivity contribution in [2.45, 2.75) is 51.0 Å². The zero-order chi connectivity index (χ0) is 8.67. The van der Waals surface area contributed by atoms with Gasteiger partial charge in [0, 0.05) is 6.04 Å². The van der Waals surface area contributed by atoms with Gasteiger partial charge in [0.25, 0.3) is 0 Å². The zero-order valence-electron chi connectivity index (χ0n) is 8.47. The standard InChI is InChI=1S/C12H21N/c1-2-12(13-5-1)8-11-7-9-3-4-10(11)6-9/h9-13H,1-8H2/t9-,10-,11+,12+/m0/s1. The predicted molar refractivity (Wildman–Crippen MR) is 54.6 cm³/mol. The Bertz CT molecular complexity index is 184. The molecule has 0 radical (unpaired) electrons. The normalized spacial score (nSPS) is 48.9. The molecule has 0 spiro atoms. The van der Waals surface area contributed by atoms with Gasteiger partial charge < -0.3 is 5.32 Å². The highest BCUT2D eigenvalue weighted by molar-refractivity contribution is 4.92. The van der Waals surface area contributed by atoms with Gasteiger partial charge in [-0.2, -0.15) is 0 Å². The molecule has 1 heterocycles. The molecule has 0 aromatic heterocycles. The summed E-state index contributed by atoms with van der Waals surface area (Å²) in [5.74, 6) is 3.37. The van der Waals surface area contributed by atoms with Gasteiger partial charge in [0.05, 0.1) is 0 Å². The van der Waals surface area contributed by atoms with E-state index in [1.54, 1.807) is 25.7 Å². The monoisotopic (exact) mass is 179 g/mol. The van der Waals surface area contributed by atoms with Crippen molar-refractivity contribution < 1.29 is 0 Å². The molecule has 0 unspecified atom stereocenters. The minimum atomic E-state index is 0.893. The van der Waals surface area contributed by atoms with Crippen LogP contribution in [0.2, 0.25) is 0 Å². The fourth-order valence-corrected chi connectivity index (χ4v) is 3.99. The van der Waals surface area contributed by atoms with E-state index < -0.39 is 0 Å². The summed E-state index contributed by atoms with van der Waals surface area (Å²) in [5, 5.41) is 3.64. The average Bonchev–Trinajstić information content (AvgIpc) is 2.77. The molecule has 3 rings (SSSR count). The largest absolute Gasteiger partial charge is 0.314 e. The molecule has 2 bridgehead atoms. The van der Waals surface area contributed by atoms with Crippen molar-refractivity contribution in [1.82, 2.24) is 5.32 Å². The Hall–Kier alpha value is -0.0400. The van der Waals surface area contributed by atoms with Crippen molar-refractivity contribution in [3.05, 3.63) is 0 Å². The van der Waals surface area contributed by atoms with Crippen molar-refractivity contribution in [2.24, 2.45) is 17.8 Å². The Morgan fingerprint density at radius 3 is 2.69 bits per heavy atom. The molecule has 0 aromatic rings. The van der Waals surface area contributed by atoms with Gasteiger partial charge in [-0.1, -0.05) is 6.42 Å². The molecule has 2 saturated carbocycles. The second kappa shape index (κ2) is 3.27. The topological polar surface area (TPSA) is 12.0 Å². The number of hydrogen-bond donors (Lipinski definition) is 1. The summed E-state index contributed by atoms with van der Waals surface area (Å²) < 4.78 is 0. The number of fused-ring (bicyclic) bond motifs is 2. The minimum Gasteiger partial charge on any atom is -0.314 e. The van der Waals surface area contributed by atoms with E-state index >= 15 is 0 Å². The Labute approximate surface area is 81.3 Å². The van der Waals surface area contributed by atoms with Crippen LogP contribution in [-0.2, 0) is 0 Å². The Kier molecular flexibility index (Phi) is 2.08.